The molecule has 0 aliphatic carbocycles. The average Bonchev–Trinajstić information content (AvgIpc) is 2.18. The van der Waals surface area contributed by atoms with E-state index in [2.05, 4.69) is 30.3 Å². The minimum atomic E-state index is 1.13. The fourth-order valence-electron chi connectivity index (χ4n) is 1.38. The monoisotopic (exact) mass is 188 g/mol. The van der Waals surface area contributed by atoms with E-state index < -0.39 is 0 Å². The van der Waals surface area contributed by atoms with Gasteiger partial charge in [-0.1, -0.05) is 48.0 Å². The van der Waals surface area contributed by atoms with Gasteiger partial charge in [-0.25, -0.2) is 0 Å². The van der Waals surface area contributed by atoms with Crippen LogP contribution in [0.5, 0.6) is 0 Å². The molecule has 2 rings (SSSR count). The van der Waals surface area contributed by atoms with Crippen molar-refractivity contribution < 1.29 is 0 Å². The maximum atomic E-state index is 5.51. The lowest BCUT2D eigenvalue weighted by atomic mass is 10.1. The molecule has 2 aromatic rings. The van der Waals surface area contributed by atoms with Gasteiger partial charge < -0.3 is 0 Å². The van der Waals surface area contributed by atoms with E-state index in [1.165, 1.54) is 16.3 Å². The van der Waals surface area contributed by atoms with E-state index in [-0.39, 0.29) is 0 Å². The van der Waals surface area contributed by atoms with Gasteiger partial charge in [0.05, 0.1) is 0 Å². The molecule has 0 unspecified atom stereocenters. The summed E-state index contributed by atoms with van der Waals surface area (Å²) in [5.74, 6) is 0. The summed E-state index contributed by atoms with van der Waals surface area (Å²) < 4.78 is 0. The van der Waals surface area contributed by atoms with Crippen molar-refractivity contribution in [3.05, 3.63) is 53.6 Å². The zero-order valence-corrected chi connectivity index (χ0v) is 7.83. The van der Waals surface area contributed by atoms with Crippen LogP contribution in [0.15, 0.2) is 48.0 Å². The molecule has 0 atom stereocenters. The molecule has 0 heterocycles. The summed E-state index contributed by atoms with van der Waals surface area (Å²) in [5, 5.41) is 2.50. The van der Waals surface area contributed by atoms with Crippen molar-refractivity contribution in [2.45, 2.75) is 0 Å². The summed E-state index contributed by atoms with van der Waals surface area (Å²) in [4.78, 5) is 0. The lowest BCUT2D eigenvalue weighted by molar-refractivity contribution is 1.71. The summed E-state index contributed by atoms with van der Waals surface area (Å²) in [6.07, 6.45) is 1.88. The van der Waals surface area contributed by atoms with E-state index in [1.54, 1.807) is 0 Å². The Morgan fingerprint density at radius 3 is 2.46 bits per heavy atom. The third kappa shape index (κ3) is 1.73. The molecule has 0 saturated heterocycles. The SMILES string of the molecule is Cl/C=C/c1ccc2ccccc2c1. The lowest BCUT2D eigenvalue weighted by Gasteiger charge is -1.97. The Hall–Kier alpha value is -1.27. The molecule has 0 radical (unpaired) electrons. The molecular formula is C12H9Cl. The normalized spacial score (nSPS) is 11.2. The van der Waals surface area contributed by atoms with E-state index in [1.807, 2.05) is 18.2 Å². The van der Waals surface area contributed by atoms with Crippen molar-refractivity contribution in [3.8, 4) is 0 Å². The van der Waals surface area contributed by atoms with Crippen molar-refractivity contribution in [1.82, 2.24) is 0 Å². The van der Waals surface area contributed by atoms with Gasteiger partial charge in [-0.3, -0.25) is 0 Å². The molecule has 0 nitrogen and oxygen atoms in total. The van der Waals surface area contributed by atoms with Crippen molar-refractivity contribution in [1.29, 1.82) is 0 Å². The highest BCUT2D eigenvalue weighted by atomic mass is 35.5. The highest BCUT2D eigenvalue weighted by Crippen LogP contribution is 2.16. The smallest absolute Gasteiger partial charge is 0.00484 e. The lowest BCUT2D eigenvalue weighted by Crippen LogP contribution is -1.73. The predicted molar refractivity (Wildman–Crippen MR) is 58.8 cm³/mol. The number of halogens is 1. The Balaban J connectivity index is 2.62. The molecule has 0 fully saturated rings. The highest BCUT2D eigenvalue weighted by molar-refractivity contribution is 6.27. The molecule has 0 saturated carbocycles. The maximum absolute atomic E-state index is 5.51. The van der Waals surface area contributed by atoms with Crippen LogP contribution in [0.4, 0.5) is 0 Å². The van der Waals surface area contributed by atoms with E-state index >= 15 is 0 Å². The van der Waals surface area contributed by atoms with E-state index in [9.17, 15) is 0 Å². The standard InChI is InChI=1S/C12H9Cl/c13-8-7-10-5-6-11-3-1-2-4-12(11)9-10/h1-9H/b8-7+. The van der Waals surface area contributed by atoms with Gasteiger partial charge in [0, 0.05) is 5.54 Å². The average molecular weight is 189 g/mol. The molecule has 13 heavy (non-hydrogen) atoms. The number of benzene rings is 2. The van der Waals surface area contributed by atoms with E-state index in [0.717, 1.165) is 5.56 Å². The third-order valence-corrected chi connectivity index (χ3v) is 2.15. The Bertz CT molecular complexity index is 444. The topological polar surface area (TPSA) is 0 Å². The molecule has 0 N–H and O–H groups in total. The highest BCUT2D eigenvalue weighted by Gasteiger charge is 1.91. The Labute approximate surface area is 82.5 Å². The van der Waals surface area contributed by atoms with Crippen molar-refractivity contribution >= 4 is 28.4 Å². The van der Waals surface area contributed by atoms with Crippen LogP contribution in [0.25, 0.3) is 16.8 Å². The fraction of sp³-hybridized carbons (Fsp3) is 0. The van der Waals surface area contributed by atoms with Gasteiger partial charge in [0.2, 0.25) is 0 Å². The first kappa shape index (κ1) is 8.33. The molecule has 0 amide bonds. The van der Waals surface area contributed by atoms with Gasteiger partial charge in [0.1, 0.15) is 0 Å². The largest absolute Gasteiger partial charge is 0.0929 e. The fourth-order valence-corrected chi connectivity index (χ4v) is 1.53. The minimum Gasteiger partial charge on any atom is -0.0929 e. The Kier molecular flexibility index (Phi) is 2.33. The molecule has 0 aliphatic heterocycles. The van der Waals surface area contributed by atoms with Crippen LogP contribution < -0.4 is 0 Å². The first-order valence-corrected chi connectivity index (χ1v) is 4.59. The van der Waals surface area contributed by atoms with Crippen molar-refractivity contribution in [3.63, 3.8) is 0 Å². The van der Waals surface area contributed by atoms with Crippen LogP contribution in [0, 0.1) is 0 Å². The number of hydrogen-bond donors (Lipinski definition) is 0. The van der Waals surface area contributed by atoms with Gasteiger partial charge >= 0.3 is 0 Å². The third-order valence-electron chi connectivity index (χ3n) is 2.03. The van der Waals surface area contributed by atoms with Crippen LogP contribution in [-0.4, -0.2) is 0 Å². The summed E-state index contributed by atoms with van der Waals surface area (Å²) in [5.41, 5.74) is 2.66. The van der Waals surface area contributed by atoms with Gasteiger partial charge in [-0.15, -0.1) is 0 Å². The van der Waals surface area contributed by atoms with Gasteiger partial charge in [0.25, 0.3) is 0 Å². The van der Waals surface area contributed by atoms with Gasteiger partial charge in [0.15, 0.2) is 0 Å². The maximum Gasteiger partial charge on any atom is 0.00484 e. The van der Waals surface area contributed by atoms with Crippen LogP contribution in [-0.2, 0) is 0 Å². The second-order valence-electron chi connectivity index (χ2n) is 2.90. The van der Waals surface area contributed by atoms with E-state index in [0.29, 0.717) is 0 Å². The minimum absolute atomic E-state index is 1.13. The predicted octanol–water partition coefficient (Wildman–Crippen LogP) is 4.05. The van der Waals surface area contributed by atoms with Crippen LogP contribution >= 0.6 is 11.6 Å². The first-order valence-electron chi connectivity index (χ1n) is 4.16. The molecule has 0 bridgehead atoms. The summed E-state index contributed by atoms with van der Waals surface area (Å²) in [6.45, 7) is 0. The van der Waals surface area contributed by atoms with Crippen molar-refractivity contribution in [2.24, 2.45) is 0 Å². The second-order valence-corrected chi connectivity index (χ2v) is 3.15. The summed E-state index contributed by atoms with van der Waals surface area (Å²) in [7, 11) is 0. The van der Waals surface area contributed by atoms with E-state index in [4.69, 9.17) is 11.6 Å². The number of rotatable bonds is 1. The summed E-state index contributed by atoms with van der Waals surface area (Å²) >= 11 is 5.51. The molecule has 1 heteroatoms. The van der Waals surface area contributed by atoms with Gasteiger partial charge in [-0.05, 0) is 28.5 Å². The zero-order valence-electron chi connectivity index (χ0n) is 7.07. The number of hydrogen-bond acceptors (Lipinski definition) is 0. The summed E-state index contributed by atoms with van der Waals surface area (Å²) in [6, 6.07) is 14.6. The van der Waals surface area contributed by atoms with Gasteiger partial charge in [-0.2, -0.15) is 0 Å². The number of fused-ring (bicyclic) bond motifs is 1. The molecule has 64 valence electrons. The molecule has 0 spiro atoms. The Morgan fingerprint density at radius 2 is 1.69 bits per heavy atom. The molecule has 2 aromatic carbocycles. The zero-order chi connectivity index (χ0) is 9.10. The first-order chi connectivity index (χ1) is 6.40. The quantitative estimate of drug-likeness (QED) is 0.634. The van der Waals surface area contributed by atoms with Crippen LogP contribution in [0.3, 0.4) is 0 Å². The molecule has 0 aliphatic rings. The van der Waals surface area contributed by atoms with Crippen LogP contribution in [0.1, 0.15) is 5.56 Å². The Morgan fingerprint density at radius 1 is 0.923 bits per heavy atom. The van der Waals surface area contributed by atoms with Crippen LogP contribution in [0.2, 0.25) is 0 Å². The second kappa shape index (κ2) is 3.63. The van der Waals surface area contributed by atoms with Crippen molar-refractivity contribution in [2.75, 3.05) is 0 Å². The molecular weight excluding hydrogens is 180 g/mol. The molecule has 0 aromatic heterocycles.